The number of thiophene rings is 2. The van der Waals surface area contributed by atoms with E-state index in [9.17, 15) is 9.59 Å². The predicted octanol–water partition coefficient (Wildman–Crippen LogP) is 4.59. The van der Waals surface area contributed by atoms with Crippen LogP contribution >= 0.6 is 22.7 Å². The normalized spacial score (nSPS) is 15.6. The molecule has 0 spiro atoms. The molecule has 1 saturated heterocycles. The van der Waals surface area contributed by atoms with Gasteiger partial charge in [-0.05, 0) is 41.3 Å². The summed E-state index contributed by atoms with van der Waals surface area (Å²) in [4.78, 5) is 32.3. The molecule has 2 amide bonds. The van der Waals surface area contributed by atoms with Crippen molar-refractivity contribution in [1.29, 1.82) is 0 Å². The summed E-state index contributed by atoms with van der Waals surface area (Å²) in [6.45, 7) is 2.32. The Balaban J connectivity index is 1.48. The zero-order valence-electron chi connectivity index (χ0n) is 18.0. The zero-order valence-corrected chi connectivity index (χ0v) is 19.7. The predicted molar refractivity (Wildman–Crippen MR) is 129 cm³/mol. The number of nitrogens with zero attached hydrogens (tertiary/aromatic N) is 2. The summed E-state index contributed by atoms with van der Waals surface area (Å²) in [5, 5.41) is 4.00. The molecule has 7 heteroatoms. The first kappa shape index (κ1) is 22.7. The largest absolute Gasteiger partial charge is 0.376 e. The summed E-state index contributed by atoms with van der Waals surface area (Å²) in [7, 11) is 0. The Hall–Kier alpha value is -2.48. The van der Waals surface area contributed by atoms with E-state index in [4.69, 9.17) is 4.74 Å². The number of ether oxygens (including phenoxy) is 1. The maximum Gasteiger partial charge on any atom is 0.242 e. The highest BCUT2D eigenvalue weighted by molar-refractivity contribution is 7.10. The highest BCUT2D eigenvalue weighted by Gasteiger charge is 2.26. The number of hydrogen-bond donors (Lipinski definition) is 0. The van der Waals surface area contributed by atoms with Gasteiger partial charge in [0.25, 0.3) is 0 Å². The molecule has 0 saturated carbocycles. The van der Waals surface area contributed by atoms with Crippen molar-refractivity contribution < 1.29 is 14.3 Å². The van der Waals surface area contributed by atoms with Gasteiger partial charge in [-0.15, -0.1) is 22.7 Å². The molecule has 0 N–H and O–H groups in total. The molecule has 32 heavy (non-hydrogen) atoms. The molecule has 3 heterocycles. The van der Waals surface area contributed by atoms with E-state index in [2.05, 4.69) is 0 Å². The second kappa shape index (κ2) is 11.4. The standard InChI is InChI=1S/C25H28N2O3S2/c28-24(15-22-10-5-13-31-22)27(17-21-9-4-12-30-21)19-25(29)26(18-23-11-6-14-32-23)16-20-7-2-1-3-8-20/h1-3,5-8,10-11,13-14,21H,4,9,12,15-19H2. The highest BCUT2D eigenvalue weighted by atomic mass is 32.1. The van der Waals surface area contributed by atoms with E-state index < -0.39 is 0 Å². The highest BCUT2D eigenvalue weighted by Crippen LogP contribution is 2.18. The maximum atomic E-state index is 13.5. The van der Waals surface area contributed by atoms with Crippen LogP contribution in [0.5, 0.6) is 0 Å². The van der Waals surface area contributed by atoms with Crippen molar-refractivity contribution in [2.75, 3.05) is 19.7 Å². The van der Waals surface area contributed by atoms with Crippen molar-refractivity contribution in [3.8, 4) is 0 Å². The van der Waals surface area contributed by atoms with E-state index in [1.165, 1.54) is 0 Å². The van der Waals surface area contributed by atoms with Gasteiger partial charge >= 0.3 is 0 Å². The van der Waals surface area contributed by atoms with Crippen molar-refractivity contribution in [2.45, 2.75) is 38.5 Å². The summed E-state index contributed by atoms with van der Waals surface area (Å²) in [6.07, 6.45) is 2.26. The van der Waals surface area contributed by atoms with E-state index in [1.54, 1.807) is 27.6 Å². The molecule has 0 aliphatic carbocycles. The van der Waals surface area contributed by atoms with Gasteiger partial charge < -0.3 is 14.5 Å². The Morgan fingerprint density at radius 2 is 1.62 bits per heavy atom. The fraction of sp³-hybridized carbons (Fsp3) is 0.360. The Bertz CT molecular complexity index is 968. The Labute approximate surface area is 197 Å². The van der Waals surface area contributed by atoms with E-state index in [0.717, 1.165) is 34.8 Å². The molecule has 1 aromatic carbocycles. The topological polar surface area (TPSA) is 49.9 Å². The van der Waals surface area contributed by atoms with Gasteiger partial charge in [-0.1, -0.05) is 42.5 Å². The lowest BCUT2D eigenvalue weighted by Gasteiger charge is -2.29. The third-order valence-electron chi connectivity index (χ3n) is 5.53. The third kappa shape index (κ3) is 6.51. The van der Waals surface area contributed by atoms with Crippen LogP contribution in [0.15, 0.2) is 65.4 Å². The average Bonchev–Trinajstić information content (AvgIpc) is 3.58. The summed E-state index contributed by atoms with van der Waals surface area (Å²) in [6, 6.07) is 18.0. The molecule has 0 radical (unpaired) electrons. The zero-order chi connectivity index (χ0) is 22.2. The first-order valence-corrected chi connectivity index (χ1v) is 12.7. The van der Waals surface area contributed by atoms with Crippen molar-refractivity contribution >= 4 is 34.5 Å². The Morgan fingerprint density at radius 3 is 2.28 bits per heavy atom. The summed E-state index contributed by atoms with van der Waals surface area (Å²) in [5.74, 6) is -0.0631. The van der Waals surface area contributed by atoms with Gasteiger partial charge in [0, 0.05) is 29.5 Å². The molecular formula is C25H28N2O3S2. The summed E-state index contributed by atoms with van der Waals surface area (Å²) < 4.78 is 5.78. The van der Waals surface area contributed by atoms with Crippen LogP contribution in [-0.2, 0) is 33.8 Å². The molecule has 0 bridgehead atoms. The molecule has 5 nitrogen and oxygen atoms in total. The van der Waals surface area contributed by atoms with Gasteiger partial charge in [0.15, 0.2) is 0 Å². The molecule has 4 rings (SSSR count). The summed E-state index contributed by atoms with van der Waals surface area (Å²) in [5.41, 5.74) is 1.08. The number of amides is 2. The second-order valence-electron chi connectivity index (χ2n) is 7.98. The van der Waals surface area contributed by atoms with Gasteiger partial charge in [0.2, 0.25) is 11.8 Å². The number of hydrogen-bond acceptors (Lipinski definition) is 5. The third-order valence-corrected chi connectivity index (χ3v) is 7.27. The van der Waals surface area contributed by atoms with Crippen LogP contribution in [0.4, 0.5) is 0 Å². The van der Waals surface area contributed by atoms with E-state index in [1.807, 2.05) is 70.3 Å². The van der Waals surface area contributed by atoms with Gasteiger partial charge in [0.1, 0.15) is 0 Å². The van der Waals surface area contributed by atoms with Crippen molar-refractivity contribution in [1.82, 2.24) is 9.80 Å². The second-order valence-corrected chi connectivity index (χ2v) is 10.0. The lowest BCUT2D eigenvalue weighted by atomic mass is 10.2. The maximum absolute atomic E-state index is 13.5. The smallest absolute Gasteiger partial charge is 0.242 e. The fourth-order valence-electron chi connectivity index (χ4n) is 3.85. The Kier molecular flexibility index (Phi) is 8.09. The monoisotopic (exact) mass is 468 g/mol. The van der Waals surface area contributed by atoms with Crippen LogP contribution in [0.1, 0.15) is 28.2 Å². The van der Waals surface area contributed by atoms with Crippen LogP contribution in [0.2, 0.25) is 0 Å². The average molecular weight is 469 g/mol. The van der Waals surface area contributed by atoms with E-state index in [0.29, 0.717) is 26.1 Å². The molecule has 3 aromatic rings. The van der Waals surface area contributed by atoms with Crippen molar-refractivity contribution in [3.63, 3.8) is 0 Å². The molecule has 1 fully saturated rings. The minimum Gasteiger partial charge on any atom is -0.376 e. The van der Waals surface area contributed by atoms with Gasteiger partial charge in [-0.3, -0.25) is 9.59 Å². The molecule has 168 valence electrons. The number of carbonyl (C=O) groups excluding carboxylic acids is 2. The number of carbonyl (C=O) groups is 2. The van der Waals surface area contributed by atoms with Crippen LogP contribution in [-0.4, -0.2) is 47.4 Å². The molecule has 1 atom stereocenters. The SMILES string of the molecule is O=C(CN(CC1CCCO1)C(=O)Cc1cccs1)N(Cc1ccccc1)Cc1cccs1. The van der Waals surface area contributed by atoms with Crippen LogP contribution in [0, 0.1) is 0 Å². The first-order valence-electron chi connectivity index (χ1n) is 10.9. The Morgan fingerprint density at radius 1 is 0.875 bits per heavy atom. The lowest BCUT2D eigenvalue weighted by Crippen LogP contribution is -2.45. The molecule has 2 aromatic heterocycles. The van der Waals surface area contributed by atoms with Crippen LogP contribution in [0.3, 0.4) is 0 Å². The summed E-state index contributed by atoms with van der Waals surface area (Å²) >= 11 is 3.21. The van der Waals surface area contributed by atoms with Crippen molar-refractivity contribution in [2.24, 2.45) is 0 Å². The van der Waals surface area contributed by atoms with Gasteiger partial charge in [0.05, 0.1) is 25.6 Å². The minimum atomic E-state index is -0.0419. The number of benzene rings is 1. The minimum absolute atomic E-state index is 0.00922. The lowest BCUT2D eigenvalue weighted by molar-refractivity contribution is -0.142. The van der Waals surface area contributed by atoms with Crippen molar-refractivity contribution in [3.05, 3.63) is 80.7 Å². The molecule has 1 aliphatic rings. The van der Waals surface area contributed by atoms with Crippen LogP contribution < -0.4 is 0 Å². The molecule has 1 unspecified atom stereocenters. The molecule has 1 aliphatic heterocycles. The van der Waals surface area contributed by atoms with Gasteiger partial charge in [-0.2, -0.15) is 0 Å². The quantitative estimate of drug-likeness (QED) is 0.437. The van der Waals surface area contributed by atoms with E-state index >= 15 is 0 Å². The van der Waals surface area contributed by atoms with E-state index in [-0.39, 0.29) is 24.5 Å². The van der Waals surface area contributed by atoms with Crippen LogP contribution in [0.25, 0.3) is 0 Å². The molecular weight excluding hydrogens is 440 g/mol. The number of rotatable bonds is 10. The van der Waals surface area contributed by atoms with Gasteiger partial charge in [-0.25, -0.2) is 0 Å². The fourth-order valence-corrected chi connectivity index (χ4v) is 5.27. The first-order chi connectivity index (χ1) is 15.7.